The van der Waals surface area contributed by atoms with Crippen LogP contribution >= 0.6 is 0 Å². The maximum atomic E-state index is 11.6. The van der Waals surface area contributed by atoms with Crippen LogP contribution in [0.15, 0.2) is 24.3 Å². The molecule has 0 saturated carbocycles. The molecule has 0 bridgehead atoms. The molecule has 1 aromatic rings. The molecule has 1 fully saturated rings. The van der Waals surface area contributed by atoms with E-state index in [0.717, 1.165) is 0 Å². The highest BCUT2D eigenvalue weighted by atomic mass is 16.7. The average Bonchev–Trinajstić information content (AvgIpc) is 2.61. The number of ether oxygens (including phenoxy) is 6. The van der Waals surface area contributed by atoms with Crippen LogP contribution in [0.3, 0.4) is 0 Å². The van der Waals surface area contributed by atoms with Crippen LogP contribution in [0.4, 0.5) is 0 Å². The van der Waals surface area contributed by atoms with Gasteiger partial charge in [0.15, 0.2) is 12.2 Å². The van der Waals surface area contributed by atoms with Crippen molar-refractivity contribution in [2.75, 3.05) is 7.11 Å². The van der Waals surface area contributed by atoms with E-state index >= 15 is 0 Å². The van der Waals surface area contributed by atoms with Crippen molar-refractivity contribution < 1.29 is 42.8 Å². The van der Waals surface area contributed by atoms with Gasteiger partial charge in [-0.2, -0.15) is 0 Å². The van der Waals surface area contributed by atoms with Gasteiger partial charge in [0.1, 0.15) is 11.5 Å². The van der Waals surface area contributed by atoms with E-state index in [-0.39, 0.29) is 0 Å². The third-order valence-electron chi connectivity index (χ3n) is 3.95. The standard InChI is InChI=1S/C19H24O9/c1-10-16(25-11(2)20)17(26-12(3)21)18(27-13(4)22)19(24-10)28-15-8-6-14(23-5)7-9-15/h6-10,16-19H,1-5H3/t10-,16+,17+,18-,19+/m1/s1. The highest BCUT2D eigenvalue weighted by Gasteiger charge is 2.51. The van der Waals surface area contributed by atoms with E-state index in [1.807, 2.05) is 0 Å². The second-order valence-electron chi connectivity index (χ2n) is 6.23. The van der Waals surface area contributed by atoms with Crippen molar-refractivity contribution in [3.8, 4) is 11.5 Å². The lowest BCUT2D eigenvalue weighted by Crippen LogP contribution is -2.62. The molecule has 9 nitrogen and oxygen atoms in total. The maximum absolute atomic E-state index is 11.6. The lowest BCUT2D eigenvalue weighted by molar-refractivity contribution is -0.280. The van der Waals surface area contributed by atoms with Gasteiger partial charge in [-0.05, 0) is 31.2 Å². The number of esters is 3. The van der Waals surface area contributed by atoms with Crippen molar-refractivity contribution in [2.24, 2.45) is 0 Å². The monoisotopic (exact) mass is 396 g/mol. The van der Waals surface area contributed by atoms with Crippen molar-refractivity contribution in [3.05, 3.63) is 24.3 Å². The summed E-state index contributed by atoms with van der Waals surface area (Å²) in [7, 11) is 1.54. The lowest BCUT2D eigenvalue weighted by atomic mass is 9.99. The molecule has 9 heteroatoms. The molecule has 1 heterocycles. The first kappa shape index (κ1) is 21.5. The smallest absolute Gasteiger partial charge is 0.303 e. The van der Waals surface area contributed by atoms with E-state index in [9.17, 15) is 14.4 Å². The van der Waals surface area contributed by atoms with Gasteiger partial charge in [0.25, 0.3) is 0 Å². The van der Waals surface area contributed by atoms with E-state index in [2.05, 4.69) is 0 Å². The largest absolute Gasteiger partial charge is 0.497 e. The quantitative estimate of drug-likeness (QED) is 0.523. The van der Waals surface area contributed by atoms with Gasteiger partial charge in [-0.15, -0.1) is 0 Å². The Morgan fingerprint density at radius 1 is 0.786 bits per heavy atom. The van der Waals surface area contributed by atoms with Crippen molar-refractivity contribution in [1.29, 1.82) is 0 Å². The zero-order valence-electron chi connectivity index (χ0n) is 16.4. The van der Waals surface area contributed by atoms with Crippen LogP contribution in [0, 0.1) is 0 Å². The van der Waals surface area contributed by atoms with Gasteiger partial charge in [-0.25, -0.2) is 0 Å². The highest BCUT2D eigenvalue weighted by molar-refractivity contribution is 5.68. The molecule has 1 aromatic carbocycles. The molecule has 0 N–H and O–H groups in total. The number of benzene rings is 1. The Balaban J connectivity index is 2.32. The fourth-order valence-electron chi connectivity index (χ4n) is 2.85. The summed E-state index contributed by atoms with van der Waals surface area (Å²) in [4.78, 5) is 34.7. The topological polar surface area (TPSA) is 107 Å². The fraction of sp³-hybridized carbons (Fsp3) is 0.526. The van der Waals surface area contributed by atoms with Crippen molar-refractivity contribution in [1.82, 2.24) is 0 Å². The minimum atomic E-state index is -1.15. The summed E-state index contributed by atoms with van der Waals surface area (Å²) in [5, 5.41) is 0. The molecule has 154 valence electrons. The predicted molar refractivity (Wildman–Crippen MR) is 94.6 cm³/mol. The van der Waals surface area contributed by atoms with E-state index in [1.54, 1.807) is 31.2 Å². The molecule has 2 rings (SSSR count). The second-order valence-corrected chi connectivity index (χ2v) is 6.23. The van der Waals surface area contributed by atoms with E-state index < -0.39 is 48.6 Å². The lowest BCUT2D eigenvalue weighted by Gasteiger charge is -2.43. The minimum absolute atomic E-state index is 0.419. The average molecular weight is 396 g/mol. The van der Waals surface area contributed by atoms with Crippen LogP contribution in [0.1, 0.15) is 27.7 Å². The van der Waals surface area contributed by atoms with E-state index in [0.29, 0.717) is 11.5 Å². The van der Waals surface area contributed by atoms with Crippen molar-refractivity contribution >= 4 is 17.9 Å². The number of hydrogen-bond donors (Lipinski definition) is 0. The van der Waals surface area contributed by atoms with Crippen LogP contribution in [0.5, 0.6) is 11.5 Å². The Hall–Kier alpha value is -2.81. The first-order valence-corrected chi connectivity index (χ1v) is 8.69. The van der Waals surface area contributed by atoms with Gasteiger partial charge in [-0.1, -0.05) is 0 Å². The van der Waals surface area contributed by atoms with Gasteiger partial charge >= 0.3 is 17.9 Å². The molecule has 0 aromatic heterocycles. The number of methoxy groups -OCH3 is 1. The molecule has 0 radical (unpaired) electrons. The second kappa shape index (κ2) is 9.41. The molecule has 28 heavy (non-hydrogen) atoms. The molecule has 0 aliphatic carbocycles. The molecule has 0 unspecified atom stereocenters. The Kier molecular flexibility index (Phi) is 7.22. The van der Waals surface area contributed by atoms with Crippen LogP contribution in [-0.2, 0) is 33.3 Å². The van der Waals surface area contributed by atoms with Gasteiger partial charge in [0, 0.05) is 20.8 Å². The first-order chi connectivity index (χ1) is 13.2. The summed E-state index contributed by atoms with van der Waals surface area (Å²) >= 11 is 0. The first-order valence-electron chi connectivity index (χ1n) is 8.69. The van der Waals surface area contributed by atoms with E-state index in [4.69, 9.17) is 28.4 Å². The number of hydrogen-bond acceptors (Lipinski definition) is 9. The summed E-state index contributed by atoms with van der Waals surface area (Å²) in [6.45, 7) is 5.26. The summed E-state index contributed by atoms with van der Waals surface area (Å²) in [5.41, 5.74) is 0. The third kappa shape index (κ3) is 5.59. The van der Waals surface area contributed by atoms with Crippen LogP contribution in [0.25, 0.3) is 0 Å². The summed E-state index contributed by atoms with van der Waals surface area (Å²) in [6.07, 6.45) is -5.01. The normalized spacial score (nSPS) is 26.7. The fourth-order valence-corrected chi connectivity index (χ4v) is 2.85. The summed E-state index contributed by atoms with van der Waals surface area (Å²) in [5.74, 6) is -0.798. The van der Waals surface area contributed by atoms with Gasteiger partial charge in [0.05, 0.1) is 13.2 Å². The number of rotatable bonds is 6. The Bertz CT molecular complexity index is 700. The molecule has 0 spiro atoms. The zero-order chi connectivity index (χ0) is 20.8. The molecular formula is C19H24O9. The third-order valence-corrected chi connectivity index (χ3v) is 3.95. The number of carbonyl (C=O) groups is 3. The van der Waals surface area contributed by atoms with Crippen LogP contribution in [0.2, 0.25) is 0 Å². The minimum Gasteiger partial charge on any atom is -0.497 e. The van der Waals surface area contributed by atoms with Gasteiger partial charge < -0.3 is 28.4 Å². The summed E-state index contributed by atoms with van der Waals surface area (Å²) < 4.78 is 32.6. The van der Waals surface area contributed by atoms with Gasteiger partial charge in [0.2, 0.25) is 12.4 Å². The molecule has 1 aliphatic heterocycles. The molecule has 5 atom stereocenters. The van der Waals surface area contributed by atoms with Crippen molar-refractivity contribution in [3.63, 3.8) is 0 Å². The molecule has 1 saturated heterocycles. The number of carbonyl (C=O) groups excluding carboxylic acids is 3. The SMILES string of the molecule is COc1ccc(O[C@@H]2O[C@H](C)[C@H](OC(C)=O)[C@H](OC(C)=O)[C@H]2OC(C)=O)cc1. The Labute approximate surface area is 162 Å². The summed E-state index contributed by atoms with van der Waals surface area (Å²) in [6, 6.07) is 6.68. The molecule has 1 aliphatic rings. The Morgan fingerprint density at radius 3 is 1.75 bits per heavy atom. The van der Waals surface area contributed by atoms with Crippen LogP contribution < -0.4 is 9.47 Å². The van der Waals surface area contributed by atoms with E-state index in [1.165, 1.54) is 27.9 Å². The molecule has 0 amide bonds. The van der Waals surface area contributed by atoms with Crippen LogP contribution in [-0.4, -0.2) is 55.7 Å². The zero-order valence-corrected chi connectivity index (χ0v) is 16.4. The van der Waals surface area contributed by atoms with Crippen molar-refractivity contribution in [2.45, 2.75) is 58.4 Å². The predicted octanol–water partition coefficient (Wildman–Crippen LogP) is 1.61. The highest BCUT2D eigenvalue weighted by Crippen LogP contribution is 2.30. The maximum Gasteiger partial charge on any atom is 0.303 e. The van der Waals surface area contributed by atoms with Gasteiger partial charge in [-0.3, -0.25) is 14.4 Å². The molecular weight excluding hydrogens is 372 g/mol. The Morgan fingerprint density at radius 2 is 1.25 bits per heavy atom.